The molecule has 1 saturated carbocycles. The maximum Gasteiger partial charge on any atom is 0.251 e. The van der Waals surface area contributed by atoms with E-state index in [4.69, 9.17) is 5.73 Å². The number of nitrogens with two attached hydrogens (primary N) is 1. The van der Waals surface area contributed by atoms with Gasteiger partial charge in [-0.15, -0.1) is 0 Å². The van der Waals surface area contributed by atoms with Crippen LogP contribution in [0.25, 0.3) is 0 Å². The summed E-state index contributed by atoms with van der Waals surface area (Å²) in [5.41, 5.74) is 7.46. The number of carbonyl (C=O) groups is 1. The summed E-state index contributed by atoms with van der Waals surface area (Å²) < 4.78 is 0. The third-order valence-electron chi connectivity index (χ3n) is 3.94. The standard InChI is InChI=1S/C16H24N2OS/c1-20-15-4-2-3-14(11-15)18-16(19)13-7-5-12(6-8-13)9-10-17/h5-8,14-15H,2-4,9-11,17H2,1H3,(H,18,19). The Hall–Kier alpha value is -1.00. The molecule has 0 heterocycles. The van der Waals surface area contributed by atoms with E-state index in [-0.39, 0.29) is 5.91 Å². The van der Waals surface area contributed by atoms with Crippen molar-refractivity contribution < 1.29 is 4.79 Å². The van der Waals surface area contributed by atoms with Gasteiger partial charge in [-0.1, -0.05) is 18.6 Å². The Morgan fingerprint density at radius 1 is 1.35 bits per heavy atom. The number of nitrogens with one attached hydrogen (secondary N) is 1. The van der Waals surface area contributed by atoms with Crippen molar-refractivity contribution in [2.24, 2.45) is 5.73 Å². The molecular formula is C16H24N2OS. The van der Waals surface area contributed by atoms with Gasteiger partial charge in [-0.05, 0) is 56.2 Å². The van der Waals surface area contributed by atoms with Gasteiger partial charge < -0.3 is 11.1 Å². The lowest BCUT2D eigenvalue weighted by atomic mass is 9.94. The van der Waals surface area contributed by atoms with Gasteiger partial charge in [0, 0.05) is 16.9 Å². The van der Waals surface area contributed by atoms with Crippen molar-refractivity contribution >= 4 is 17.7 Å². The van der Waals surface area contributed by atoms with Gasteiger partial charge >= 0.3 is 0 Å². The molecule has 110 valence electrons. The molecule has 2 rings (SSSR count). The summed E-state index contributed by atoms with van der Waals surface area (Å²) in [6.45, 7) is 0.643. The van der Waals surface area contributed by atoms with Crippen molar-refractivity contribution in [3.05, 3.63) is 35.4 Å². The van der Waals surface area contributed by atoms with Gasteiger partial charge in [0.2, 0.25) is 0 Å². The lowest BCUT2D eigenvalue weighted by molar-refractivity contribution is 0.0928. The van der Waals surface area contributed by atoms with Crippen molar-refractivity contribution in [3.8, 4) is 0 Å². The smallest absolute Gasteiger partial charge is 0.251 e. The molecule has 1 aliphatic carbocycles. The number of hydrogen-bond acceptors (Lipinski definition) is 3. The minimum atomic E-state index is 0.0519. The molecule has 1 aromatic rings. The van der Waals surface area contributed by atoms with Crippen LogP contribution < -0.4 is 11.1 Å². The molecule has 3 nitrogen and oxygen atoms in total. The third kappa shape index (κ3) is 4.25. The molecular weight excluding hydrogens is 268 g/mol. The number of thioether (sulfide) groups is 1. The van der Waals surface area contributed by atoms with Crippen LogP contribution >= 0.6 is 11.8 Å². The Morgan fingerprint density at radius 2 is 2.10 bits per heavy atom. The molecule has 1 aromatic carbocycles. The quantitative estimate of drug-likeness (QED) is 0.877. The van der Waals surface area contributed by atoms with Crippen LogP contribution in [0.3, 0.4) is 0 Å². The molecule has 0 aliphatic heterocycles. The van der Waals surface area contributed by atoms with Gasteiger partial charge in [0.05, 0.1) is 0 Å². The number of hydrogen-bond donors (Lipinski definition) is 2. The zero-order valence-electron chi connectivity index (χ0n) is 12.1. The largest absolute Gasteiger partial charge is 0.349 e. The van der Waals surface area contributed by atoms with Gasteiger partial charge in [-0.3, -0.25) is 4.79 Å². The van der Waals surface area contributed by atoms with Crippen molar-refractivity contribution in [1.29, 1.82) is 0 Å². The molecule has 0 bridgehead atoms. The van der Waals surface area contributed by atoms with Crippen LogP contribution in [0.2, 0.25) is 0 Å². The number of amides is 1. The van der Waals surface area contributed by atoms with Gasteiger partial charge in [0.1, 0.15) is 0 Å². The summed E-state index contributed by atoms with van der Waals surface area (Å²) in [4.78, 5) is 12.2. The highest BCUT2D eigenvalue weighted by atomic mass is 32.2. The third-order valence-corrected chi connectivity index (χ3v) is 5.04. The summed E-state index contributed by atoms with van der Waals surface area (Å²) in [7, 11) is 0. The van der Waals surface area contributed by atoms with E-state index >= 15 is 0 Å². The van der Waals surface area contributed by atoms with Crippen LogP contribution in [0.15, 0.2) is 24.3 Å². The van der Waals surface area contributed by atoms with Crippen LogP contribution in [0, 0.1) is 0 Å². The fraction of sp³-hybridized carbons (Fsp3) is 0.562. The van der Waals surface area contributed by atoms with Crippen molar-refractivity contribution in [1.82, 2.24) is 5.32 Å². The molecule has 2 atom stereocenters. The molecule has 1 amide bonds. The molecule has 3 N–H and O–H groups in total. The van der Waals surface area contributed by atoms with Crippen molar-refractivity contribution in [2.75, 3.05) is 12.8 Å². The minimum Gasteiger partial charge on any atom is -0.349 e. The van der Waals surface area contributed by atoms with Crippen LogP contribution in [0.4, 0.5) is 0 Å². The topological polar surface area (TPSA) is 55.1 Å². The first-order chi connectivity index (χ1) is 9.72. The van der Waals surface area contributed by atoms with Crippen molar-refractivity contribution in [2.45, 2.75) is 43.4 Å². The fourth-order valence-corrected chi connectivity index (χ4v) is 3.58. The molecule has 0 saturated heterocycles. The first kappa shape index (κ1) is 15.4. The molecule has 20 heavy (non-hydrogen) atoms. The predicted octanol–water partition coefficient (Wildman–Crippen LogP) is 2.59. The molecule has 1 aliphatic rings. The average Bonchev–Trinajstić information content (AvgIpc) is 2.48. The van der Waals surface area contributed by atoms with E-state index in [1.54, 1.807) is 0 Å². The molecule has 1 fully saturated rings. The highest BCUT2D eigenvalue weighted by molar-refractivity contribution is 7.99. The summed E-state index contributed by atoms with van der Waals surface area (Å²) in [6.07, 6.45) is 7.71. The Morgan fingerprint density at radius 3 is 2.75 bits per heavy atom. The molecule has 0 aromatic heterocycles. The molecule has 2 unspecified atom stereocenters. The highest BCUT2D eigenvalue weighted by Gasteiger charge is 2.22. The Bertz CT molecular complexity index is 433. The second-order valence-electron chi connectivity index (χ2n) is 5.43. The predicted molar refractivity (Wildman–Crippen MR) is 86.2 cm³/mol. The monoisotopic (exact) mass is 292 g/mol. The minimum absolute atomic E-state index is 0.0519. The maximum absolute atomic E-state index is 12.2. The molecule has 0 radical (unpaired) electrons. The first-order valence-corrected chi connectivity index (χ1v) is 8.64. The van der Waals surface area contributed by atoms with E-state index in [0.29, 0.717) is 17.8 Å². The van der Waals surface area contributed by atoms with Crippen LogP contribution in [0.1, 0.15) is 41.6 Å². The first-order valence-electron chi connectivity index (χ1n) is 7.35. The SMILES string of the molecule is CSC1CCCC(NC(=O)c2ccc(CCN)cc2)C1. The Labute approximate surface area is 125 Å². The maximum atomic E-state index is 12.2. The van der Waals surface area contributed by atoms with Crippen LogP contribution in [0.5, 0.6) is 0 Å². The van der Waals surface area contributed by atoms with Gasteiger partial charge in [-0.25, -0.2) is 0 Å². The summed E-state index contributed by atoms with van der Waals surface area (Å²) >= 11 is 1.92. The van der Waals surface area contributed by atoms with E-state index in [2.05, 4.69) is 11.6 Å². The normalized spacial score (nSPS) is 22.5. The number of rotatable bonds is 5. The Kier molecular flexibility index (Phi) is 5.92. The van der Waals surface area contributed by atoms with E-state index < -0.39 is 0 Å². The number of benzene rings is 1. The Balaban J connectivity index is 1.90. The average molecular weight is 292 g/mol. The molecule has 0 spiro atoms. The molecule has 4 heteroatoms. The second kappa shape index (κ2) is 7.70. The number of carbonyl (C=O) groups excluding carboxylic acids is 1. The van der Waals surface area contributed by atoms with Crippen LogP contribution in [-0.2, 0) is 6.42 Å². The second-order valence-corrected chi connectivity index (χ2v) is 6.57. The highest BCUT2D eigenvalue weighted by Crippen LogP contribution is 2.27. The summed E-state index contributed by atoms with van der Waals surface area (Å²) in [5, 5.41) is 3.87. The lowest BCUT2D eigenvalue weighted by Crippen LogP contribution is -2.39. The summed E-state index contributed by atoms with van der Waals surface area (Å²) in [6, 6.07) is 8.11. The zero-order valence-corrected chi connectivity index (χ0v) is 12.9. The van der Waals surface area contributed by atoms with Gasteiger partial charge in [0.15, 0.2) is 0 Å². The van der Waals surface area contributed by atoms with E-state index in [0.717, 1.165) is 24.8 Å². The fourth-order valence-electron chi connectivity index (χ4n) is 2.75. The van der Waals surface area contributed by atoms with E-state index in [9.17, 15) is 4.79 Å². The van der Waals surface area contributed by atoms with E-state index in [1.807, 2.05) is 36.0 Å². The van der Waals surface area contributed by atoms with Crippen molar-refractivity contribution in [3.63, 3.8) is 0 Å². The van der Waals surface area contributed by atoms with Crippen LogP contribution in [-0.4, -0.2) is 30.0 Å². The van der Waals surface area contributed by atoms with Gasteiger partial charge in [0.25, 0.3) is 5.91 Å². The summed E-state index contributed by atoms with van der Waals surface area (Å²) in [5.74, 6) is 0.0519. The van der Waals surface area contributed by atoms with Gasteiger partial charge in [-0.2, -0.15) is 11.8 Å². The lowest BCUT2D eigenvalue weighted by Gasteiger charge is -2.28. The zero-order chi connectivity index (χ0) is 14.4. The van der Waals surface area contributed by atoms with E-state index in [1.165, 1.54) is 18.4 Å².